The van der Waals surface area contributed by atoms with Gasteiger partial charge < -0.3 is 19.9 Å². The van der Waals surface area contributed by atoms with Crippen LogP contribution in [-0.4, -0.2) is 63.2 Å². The van der Waals surface area contributed by atoms with E-state index in [0.29, 0.717) is 39.1 Å². The fraction of sp³-hybridized carbons (Fsp3) is 0.579. The molecule has 0 radical (unpaired) electrons. The summed E-state index contributed by atoms with van der Waals surface area (Å²) in [6.45, 7) is 5.94. The van der Waals surface area contributed by atoms with Crippen molar-refractivity contribution in [3.8, 4) is 0 Å². The molecule has 6 nitrogen and oxygen atoms in total. The highest BCUT2D eigenvalue weighted by molar-refractivity contribution is 6.07. The van der Waals surface area contributed by atoms with Gasteiger partial charge in [-0.05, 0) is 37.5 Å². The van der Waals surface area contributed by atoms with E-state index >= 15 is 0 Å². The van der Waals surface area contributed by atoms with E-state index in [2.05, 4.69) is 41.4 Å². The number of anilines is 1. The second-order valence-corrected chi connectivity index (χ2v) is 6.95. The van der Waals surface area contributed by atoms with Gasteiger partial charge in [-0.2, -0.15) is 0 Å². The molecule has 3 rings (SSSR count). The molecule has 0 atom stereocenters. The second kappa shape index (κ2) is 7.44. The van der Waals surface area contributed by atoms with Crippen molar-refractivity contribution in [2.75, 3.05) is 51.3 Å². The maximum atomic E-state index is 12.9. The van der Waals surface area contributed by atoms with Crippen LogP contribution < -0.4 is 10.2 Å². The minimum atomic E-state index is -0.820. The van der Waals surface area contributed by atoms with Gasteiger partial charge in [-0.15, -0.1) is 0 Å². The number of methoxy groups -OCH3 is 1. The Kier molecular flexibility index (Phi) is 5.27. The first-order chi connectivity index (χ1) is 12.1. The Balaban J connectivity index is 1.55. The zero-order valence-corrected chi connectivity index (χ0v) is 15.1. The molecule has 1 heterocycles. The molecule has 6 heteroatoms. The third kappa shape index (κ3) is 3.79. The summed E-state index contributed by atoms with van der Waals surface area (Å²) in [6.07, 6.45) is 1.31. The van der Waals surface area contributed by atoms with E-state index in [-0.39, 0.29) is 11.8 Å². The van der Waals surface area contributed by atoms with Crippen molar-refractivity contribution >= 4 is 17.5 Å². The largest absolute Gasteiger partial charge is 0.383 e. The van der Waals surface area contributed by atoms with Gasteiger partial charge in [0.2, 0.25) is 11.8 Å². The van der Waals surface area contributed by atoms with E-state index < -0.39 is 5.41 Å². The normalized spacial score (nSPS) is 18.8. The molecular formula is C19H27N3O3. The third-order valence-corrected chi connectivity index (χ3v) is 5.12. The monoisotopic (exact) mass is 345 g/mol. The molecule has 1 N–H and O–H groups in total. The molecule has 25 heavy (non-hydrogen) atoms. The van der Waals surface area contributed by atoms with Gasteiger partial charge in [0, 0.05) is 45.5 Å². The van der Waals surface area contributed by atoms with Crippen LogP contribution in [0.25, 0.3) is 0 Å². The number of ether oxygens (including phenoxy) is 1. The van der Waals surface area contributed by atoms with Crippen LogP contribution in [-0.2, 0) is 14.3 Å². The summed E-state index contributed by atoms with van der Waals surface area (Å²) in [6, 6.07) is 8.42. The van der Waals surface area contributed by atoms with Gasteiger partial charge in [-0.3, -0.25) is 9.59 Å². The quantitative estimate of drug-likeness (QED) is 0.621. The van der Waals surface area contributed by atoms with Gasteiger partial charge in [0.05, 0.1) is 6.61 Å². The van der Waals surface area contributed by atoms with Crippen molar-refractivity contribution in [1.29, 1.82) is 0 Å². The number of nitrogens with zero attached hydrogens (tertiary/aromatic N) is 2. The highest BCUT2D eigenvalue weighted by Gasteiger charge is 2.58. The average Bonchev–Trinajstić information content (AvgIpc) is 3.43. The molecule has 0 aromatic heterocycles. The lowest BCUT2D eigenvalue weighted by molar-refractivity contribution is -0.144. The molecule has 0 spiro atoms. The Labute approximate surface area is 149 Å². The summed E-state index contributed by atoms with van der Waals surface area (Å²) in [5, 5.41) is 2.83. The number of hydrogen-bond acceptors (Lipinski definition) is 4. The topological polar surface area (TPSA) is 61.9 Å². The molecule has 1 aliphatic heterocycles. The Morgan fingerprint density at radius 2 is 1.92 bits per heavy atom. The number of amides is 2. The van der Waals surface area contributed by atoms with Gasteiger partial charge in [0.1, 0.15) is 5.41 Å². The summed E-state index contributed by atoms with van der Waals surface area (Å²) in [4.78, 5) is 29.4. The maximum Gasteiger partial charge on any atom is 0.238 e. The van der Waals surface area contributed by atoms with Gasteiger partial charge in [0.25, 0.3) is 0 Å². The Hall–Kier alpha value is -2.08. The average molecular weight is 345 g/mol. The Morgan fingerprint density at radius 3 is 2.52 bits per heavy atom. The molecule has 1 aromatic rings. The standard InChI is InChI=1S/C19H27N3O3/c1-15-4-3-5-16(14-15)21-9-11-22(12-10-21)18(24)19(6-7-19)17(23)20-8-13-25-2/h3-5,14H,6-13H2,1-2H3,(H,20,23). The molecular weight excluding hydrogens is 318 g/mol. The number of nitrogens with one attached hydrogen (secondary N) is 1. The fourth-order valence-corrected chi connectivity index (χ4v) is 3.39. The summed E-state index contributed by atoms with van der Waals surface area (Å²) < 4.78 is 4.95. The lowest BCUT2D eigenvalue weighted by Gasteiger charge is -2.37. The molecule has 0 bridgehead atoms. The third-order valence-electron chi connectivity index (χ3n) is 5.12. The van der Waals surface area contributed by atoms with E-state index in [4.69, 9.17) is 4.74 Å². The first-order valence-corrected chi connectivity index (χ1v) is 8.95. The smallest absolute Gasteiger partial charge is 0.238 e. The highest BCUT2D eigenvalue weighted by atomic mass is 16.5. The van der Waals surface area contributed by atoms with Gasteiger partial charge in [0.15, 0.2) is 0 Å². The van der Waals surface area contributed by atoms with Crippen molar-refractivity contribution in [1.82, 2.24) is 10.2 Å². The van der Waals surface area contributed by atoms with E-state index in [9.17, 15) is 9.59 Å². The lowest BCUT2D eigenvalue weighted by atomic mass is 10.0. The number of piperazine rings is 1. The molecule has 1 aromatic carbocycles. The number of carbonyl (C=O) groups excluding carboxylic acids is 2. The number of hydrogen-bond donors (Lipinski definition) is 1. The number of carbonyl (C=O) groups is 2. The van der Waals surface area contributed by atoms with Crippen LogP contribution in [0.4, 0.5) is 5.69 Å². The molecule has 1 saturated carbocycles. The van der Waals surface area contributed by atoms with Crippen molar-refractivity contribution in [2.45, 2.75) is 19.8 Å². The van der Waals surface area contributed by atoms with Crippen LogP contribution >= 0.6 is 0 Å². The first-order valence-electron chi connectivity index (χ1n) is 8.95. The number of aryl methyl sites for hydroxylation is 1. The van der Waals surface area contributed by atoms with E-state index in [0.717, 1.165) is 13.1 Å². The van der Waals surface area contributed by atoms with Crippen LogP contribution in [0.3, 0.4) is 0 Å². The van der Waals surface area contributed by atoms with E-state index in [1.165, 1.54) is 11.3 Å². The molecule has 2 fully saturated rings. The lowest BCUT2D eigenvalue weighted by Crippen LogP contribution is -2.53. The van der Waals surface area contributed by atoms with Crippen LogP contribution in [0.5, 0.6) is 0 Å². The molecule has 1 saturated heterocycles. The van der Waals surface area contributed by atoms with Crippen LogP contribution in [0.15, 0.2) is 24.3 Å². The van der Waals surface area contributed by atoms with Gasteiger partial charge >= 0.3 is 0 Å². The van der Waals surface area contributed by atoms with Gasteiger partial charge in [-0.25, -0.2) is 0 Å². The van der Waals surface area contributed by atoms with Crippen LogP contribution in [0, 0.1) is 12.3 Å². The minimum absolute atomic E-state index is 0.00805. The van der Waals surface area contributed by atoms with E-state index in [1.54, 1.807) is 7.11 Å². The van der Waals surface area contributed by atoms with Crippen LogP contribution in [0.1, 0.15) is 18.4 Å². The minimum Gasteiger partial charge on any atom is -0.383 e. The summed E-state index contributed by atoms with van der Waals surface area (Å²) >= 11 is 0. The van der Waals surface area contributed by atoms with Crippen LogP contribution in [0.2, 0.25) is 0 Å². The molecule has 1 aliphatic carbocycles. The Bertz CT molecular complexity index is 635. The second-order valence-electron chi connectivity index (χ2n) is 6.95. The number of rotatable bonds is 6. The Morgan fingerprint density at radius 1 is 1.20 bits per heavy atom. The SMILES string of the molecule is COCCNC(=O)C1(C(=O)N2CCN(c3cccc(C)c3)CC2)CC1. The zero-order valence-electron chi connectivity index (χ0n) is 15.1. The predicted octanol–water partition coefficient (Wildman–Crippen LogP) is 1.19. The zero-order chi connectivity index (χ0) is 17.9. The van der Waals surface area contributed by atoms with E-state index in [1.807, 2.05) is 4.90 Å². The summed E-state index contributed by atoms with van der Waals surface area (Å²) in [7, 11) is 1.60. The fourth-order valence-electron chi connectivity index (χ4n) is 3.39. The molecule has 2 amide bonds. The molecule has 0 unspecified atom stereocenters. The number of benzene rings is 1. The van der Waals surface area contributed by atoms with Crippen molar-refractivity contribution in [3.63, 3.8) is 0 Å². The highest BCUT2D eigenvalue weighted by Crippen LogP contribution is 2.47. The van der Waals surface area contributed by atoms with Crippen molar-refractivity contribution in [2.24, 2.45) is 5.41 Å². The summed E-state index contributed by atoms with van der Waals surface area (Å²) in [5.41, 5.74) is 1.62. The van der Waals surface area contributed by atoms with Gasteiger partial charge in [-0.1, -0.05) is 12.1 Å². The summed E-state index contributed by atoms with van der Waals surface area (Å²) in [5.74, 6) is -0.151. The molecule has 2 aliphatic rings. The van der Waals surface area contributed by atoms with Crippen molar-refractivity contribution < 1.29 is 14.3 Å². The predicted molar refractivity (Wildman–Crippen MR) is 96.5 cm³/mol. The van der Waals surface area contributed by atoms with Crippen molar-refractivity contribution in [3.05, 3.63) is 29.8 Å². The maximum absolute atomic E-state index is 12.9. The molecule has 136 valence electrons. The first kappa shape index (κ1) is 17.7.